The van der Waals surface area contributed by atoms with Gasteiger partial charge in [0.1, 0.15) is 24.4 Å². The lowest BCUT2D eigenvalue weighted by atomic mass is 10.0. The summed E-state index contributed by atoms with van der Waals surface area (Å²) < 4.78 is 0. The highest BCUT2D eigenvalue weighted by Gasteiger charge is 2.29. The van der Waals surface area contributed by atoms with E-state index in [0.717, 1.165) is 0 Å². The van der Waals surface area contributed by atoms with Crippen LogP contribution in [0.15, 0.2) is 0 Å². The van der Waals surface area contributed by atoms with Gasteiger partial charge in [0.25, 0.3) is 0 Å². The summed E-state index contributed by atoms with van der Waals surface area (Å²) in [6, 6.07) is 0. The van der Waals surface area contributed by atoms with E-state index >= 15 is 0 Å². The summed E-state index contributed by atoms with van der Waals surface area (Å²) in [5, 5.41) is 52.2. The van der Waals surface area contributed by atoms with Crippen molar-refractivity contribution in [2.45, 2.75) is 24.4 Å². The van der Waals surface area contributed by atoms with E-state index in [1.54, 1.807) is 0 Å². The van der Waals surface area contributed by atoms with Crippen LogP contribution in [0, 0.1) is 0 Å². The average Bonchev–Trinajstić information content (AvgIpc) is 2.12. The smallest absolute Gasteiger partial charge is 0.111 e. The molecule has 0 aliphatic rings. The van der Waals surface area contributed by atoms with Gasteiger partial charge in [-0.2, -0.15) is 0 Å². The molecule has 106 valence electrons. The molecule has 14 N–H and O–H groups in total. The third-order valence-corrected chi connectivity index (χ3v) is 1.51. The van der Waals surface area contributed by atoms with E-state index in [9.17, 15) is 0 Å². The lowest BCUT2D eigenvalue weighted by Gasteiger charge is -2.24. The molecule has 10 heteroatoms. The second-order valence-electron chi connectivity index (χ2n) is 2.48. The molecule has 0 fully saturated rings. The zero-order chi connectivity index (χ0) is 9.72. The van der Waals surface area contributed by atoms with E-state index < -0.39 is 37.6 Å². The third kappa shape index (κ3) is 8.87. The molecule has 0 unspecified atom stereocenters. The van der Waals surface area contributed by atoms with Crippen molar-refractivity contribution in [1.29, 1.82) is 0 Å². The minimum absolute atomic E-state index is 0. The zero-order valence-corrected chi connectivity index (χ0v) is 8.41. The van der Waals surface area contributed by atoms with Crippen LogP contribution in [0.4, 0.5) is 0 Å². The van der Waals surface area contributed by atoms with Crippen molar-refractivity contribution in [3.05, 3.63) is 0 Å². The van der Waals surface area contributed by atoms with E-state index in [4.69, 9.17) is 30.6 Å². The molecule has 0 aromatic carbocycles. The highest BCUT2D eigenvalue weighted by atomic mass is 16.4. The molecule has 4 atom stereocenters. The van der Waals surface area contributed by atoms with Crippen LogP contribution in [-0.2, 0) is 0 Å². The van der Waals surface area contributed by atoms with Crippen LogP contribution >= 0.6 is 0 Å². The van der Waals surface area contributed by atoms with Crippen LogP contribution in [0.2, 0.25) is 0 Å². The standard InChI is InChI=1S/C6H14O6.4H2O/c7-1-3(9)5(11)6(12)4(10)2-8;;;;/h3-12H,1-2H2;4*1H2/t3-,4+,5-,6-;;;;/m1..../s1. The Morgan fingerprint density at radius 2 is 0.750 bits per heavy atom. The normalized spacial score (nSPS) is 16.1. The number of aliphatic hydroxyl groups is 6. The van der Waals surface area contributed by atoms with Gasteiger partial charge < -0.3 is 52.5 Å². The summed E-state index contributed by atoms with van der Waals surface area (Å²) in [7, 11) is 0. The Hall–Kier alpha value is -0.400. The van der Waals surface area contributed by atoms with Crippen LogP contribution in [0.1, 0.15) is 0 Å². The van der Waals surface area contributed by atoms with Crippen LogP contribution < -0.4 is 0 Å². The van der Waals surface area contributed by atoms with Crippen molar-refractivity contribution in [1.82, 2.24) is 0 Å². The Labute approximate surface area is 91.3 Å². The van der Waals surface area contributed by atoms with Crippen molar-refractivity contribution >= 4 is 0 Å². The first kappa shape index (κ1) is 29.6. The fourth-order valence-corrected chi connectivity index (χ4v) is 0.671. The molecule has 0 aromatic heterocycles. The van der Waals surface area contributed by atoms with E-state index in [2.05, 4.69) is 0 Å². The second-order valence-corrected chi connectivity index (χ2v) is 2.48. The molecule has 0 heterocycles. The fraction of sp³-hybridized carbons (Fsp3) is 1.00. The molecule has 0 rings (SSSR count). The Balaban J connectivity index is -0.000000101. The van der Waals surface area contributed by atoms with Gasteiger partial charge in [-0.05, 0) is 0 Å². The predicted octanol–water partition coefficient (Wildman–Crippen LogP) is -6.88. The molecule has 0 aliphatic heterocycles. The molecule has 0 amide bonds. The average molecular weight is 254 g/mol. The van der Waals surface area contributed by atoms with E-state index in [1.807, 2.05) is 0 Å². The van der Waals surface area contributed by atoms with Crippen molar-refractivity contribution < 1.29 is 52.5 Å². The van der Waals surface area contributed by atoms with Crippen LogP contribution in [0.3, 0.4) is 0 Å². The summed E-state index contributed by atoms with van der Waals surface area (Å²) in [6.07, 6.45) is -6.39. The molecule has 0 spiro atoms. The van der Waals surface area contributed by atoms with Gasteiger partial charge in [0.2, 0.25) is 0 Å². The molecule has 0 bridgehead atoms. The SMILES string of the molecule is O.O.O.O.OC[C@@H](O)[C@@H](O)[C@H](O)[C@@H](O)CO. The molecular formula is C6H22O10. The topological polar surface area (TPSA) is 247 Å². The molecule has 0 aromatic rings. The van der Waals surface area contributed by atoms with Crippen molar-refractivity contribution in [2.24, 2.45) is 0 Å². The van der Waals surface area contributed by atoms with Crippen LogP contribution in [0.25, 0.3) is 0 Å². The van der Waals surface area contributed by atoms with Crippen molar-refractivity contribution in [2.75, 3.05) is 13.2 Å². The Kier molecular flexibility index (Phi) is 27.0. The van der Waals surface area contributed by atoms with E-state index in [0.29, 0.717) is 0 Å². The molecule has 16 heavy (non-hydrogen) atoms. The first-order valence-corrected chi connectivity index (χ1v) is 3.48. The van der Waals surface area contributed by atoms with Crippen LogP contribution in [0.5, 0.6) is 0 Å². The largest absolute Gasteiger partial charge is 0.412 e. The summed E-state index contributed by atoms with van der Waals surface area (Å²) in [6.45, 7) is -1.45. The maximum Gasteiger partial charge on any atom is 0.111 e. The highest BCUT2D eigenvalue weighted by molar-refractivity contribution is 4.79. The lowest BCUT2D eigenvalue weighted by molar-refractivity contribution is -0.123. The molecule has 0 saturated carbocycles. The van der Waals surface area contributed by atoms with Gasteiger partial charge in [-0.25, -0.2) is 0 Å². The second kappa shape index (κ2) is 14.6. The van der Waals surface area contributed by atoms with Crippen molar-refractivity contribution in [3.63, 3.8) is 0 Å². The monoisotopic (exact) mass is 254 g/mol. The van der Waals surface area contributed by atoms with Crippen molar-refractivity contribution in [3.8, 4) is 0 Å². The maximum atomic E-state index is 8.96. The van der Waals surface area contributed by atoms with Gasteiger partial charge in [-0.15, -0.1) is 0 Å². The van der Waals surface area contributed by atoms with Gasteiger partial charge in [0, 0.05) is 0 Å². The molecule has 0 saturated heterocycles. The number of aliphatic hydroxyl groups excluding tert-OH is 6. The molecule has 0 radical (unpaired) electrons. The minimum atomic E-state index is -1.67. The van der Waals surface area contributed by atoms with Gasteiger partial charge >= 0.3 is 0 Å². The Morgan fingerprint density at radius 3 is 0.875 bits per heavy atom. The predicted molar refractivity (Wildman–Crippen MR) is 52.7 cm³/mol. The summed E-state index contributed by atoms with van der Waals surface area (Å²) in [5.41, 5.74) is 0. The van der Waals surface area contributed by atoms with Gasteiger partial charge in [-0.1, -0.05) is 0 Å². The first-order valence-electron chi connectivity index (χ1n) is 3.48. The summed E-state index contributed by atoms with van der Waals surface area (Å²) >= 11 is 0. The molecular weight excluding hydrogens is 232 g/mol. The fourth-order valence-electron chi connectivity index (χ4n) is 0.671. The third-order valence-electron chi connectivity index (χ3n) is 1.51. The number of rotatable bonds is 5. The number of hydrogen-bond donors (Lipinski definition) is 6. The molecule has 10 nitrogen and oxygen atoms in total. The summed E-state index contributed by atoms with van der Waals surface area (Å²) in [5.74, 6) is 0. The van der Waals surface area contributed by atoms with E-state index in [1.165, 1.54) is 0 Å². The van der Waals surface area contributed by atoms with Crippen LogP contribution in [-0.4, -0.2) is 90.2 Å². The highest BCUT2D eigenvalue weighted by Crippen LogP contribution is 2.03. The van der Waals surface area contributed by atoms with Gasteiger partial charge in [0.05, 0.1) is 13.2 Å². The zero-order valence-electron chi connectivity index (χ0n) is 8.41. The maximum absolute atomic E-state index is 8.96. The Bertz CT molecular complexity index is 108. The lowest BCUT2D eigenvalue weighted by Crippen LogP contribution is -2.46. The minimum Gasteiger partial charge on any atom is -0.412 e. The van der Waals surface area contributed by atoms with Gasteiger partial charge in [0.15, 0.2) is 0 Å². The quantitative estimate of drug-likeness (QED) is 0.277. The Morgan fingerprint density at radius 1 is 0.562 bits per heavy atom. The number of hydrogen-bond acceptors (Lipinski definition) is 6. The molecule has 0 aliphatic carbocycles. The van der Waals surface area contributed by atoms with E-state index in [-0.39, 0.29) is 21.9 Å². The van der Waals surface area contributed by atoms with Gasteiger partial charge in [-0.3, -0.25) is 0 Å². The first-order chi connectivity index (χ1) is 5.54. The summed E-state index contributed by atoms with van der Waals surface area (Å²) in [4.78, 5) is 0.